The lowest BCUT2D eigenvalue weighted by atomic mass is 10.1. The zero-order valence-corrected chi connectivity index (χ0v) is 13.2. The van der Waals surface area contributed by atoms with Gasteiger partial charge in [0.1, 0.15) is 5.82 Å². The summed E-state index contributed by atoms with van der Waals surface area (Å²) in [4.78, 5) is 15.8. The van der Waals surface area contributed by atoms with E-state index in [1.54, 1.807) is 18.2 Å². The number of carboxylic acids is 1. The van der Waals surface area contributed by atoms with Crippen LogP contribution in [-0.2, 0) is 6.54 Å². The number of hydrogen-bond donors (Lipinski definition) is 1. The van der Waals surface area contributed by atoms with Crippen molar-refractivity contribution in [2.45, 2.75) is 13.5 Å². The van der Waals surface area contributed by atoms with Crippen LogP contribution >= 0.6 is 0 Å². The maximum absolute atomic E-state index is 11.2. The summed E-state index contributed by atoms with van der Waals surface area (Å²) in [6.45, 7) is 2.61. The largest absolute Gasteiger partial charge is 0.478 e. The fourth-order valence-corrected chi connectivity index (χ4v) is 3.10. The number of nitrogens with zero attached hydrogens (tertiary/aromatic N) is 2. The lowest BCUT2D eigenvalue weighted by Crippen LogP contribution is -2.03. The van der Waals surface area contributed by atoms with E-state index in [4.69, 9.17) is 0 Å². The molecule has 0 saturated heterocycles. The zero-order valence-electron chi connectivity index (χ0n) is 13.2. The molecule has 118 valence electrons. The molecule has 0 bridgehead atoms. The highest BCUT2D eigenvalue weighted by atomic mass is 16.4. The number of aromatic carboxylic acids is 1. The van der Waals surface area contributed by atoms with E-state index < -0.39 is 5.97 Å². The highest BCUT2D eigenvalue weighted by Gasteiger charge is 2.11. The second-order valence-corrected chi connectivity index (χ2v) is 5.94. The van der Waals surface area contributed by atoms with Gasteiger partial charge < -0.3 is 9.67 Å². The first-order valence-electron chi connectivity index (χ1n) is 7.80. The summed E-state index contributed by atoms with van der Waals surface area (Å²) in [6.07, 6.45) is 0. The topological polar surface area (TPSA) is 55.1 Å². The van der Waals surface area contributed by atoms with Gasteiger partial charge in [-0.1, -0.05) is 36.4 Å². The monoisotopic (exact) mass is 316 g/mol. The Bertz CT molecular complexity index is 1080. The van der Waals surface area contributed by atoms with Crippen LogP contribution < -0.4 is 0 Å². The molecule has 0 fully saturated rings. The summed E-state index contributed by atoms with van der Waals surface area (Å²) < 4.78 is 2.06. The summed E-state index contributed by atoms with van der Waals surface area (Å²) in [6, 6.07) is 19.7. The van der Waals surface area contributed by atoms with Crippen molar-refractivity contribution in [2.75, 3.05) is 0 Å². The molecule has 4 rings (SSSR count). The molecule has 0 amide bonds. The molecule has 1 N–H and O–H groups in total. The van der Waals surface area contributed by atoms with Crippen molar-refractivity contribution in [3.8, 4) is 0 Å². The predicted molar refractivity (Wildman–Crippen MR) is 94.5 cm³/mol. The Kier molecular flexibility index (Phi) is 3.31. The fraction of sp³-hybridized carbons (Fsp3) is 0.100. The number of fused-ring (bicyclic) bond motifs is 2. The molecule has 0 radical (unpaired) electrons. The third kappa shape index (κ3) is 2.42. The van der Waals surface area contributed by atoms with E-state index in [1.165, 1.54) is 10.8 Å². The van der Waals surface area contributed by atoms with Gasteiger partial charge in [-0.05, 0) is 47.5 Å². The first-order chi connectivity index (χ1) is 11.6. The van der Waals surface area contributed by atoms with Crippen molar-refractivity contribution < 1.29 is 9.90 Å². The van der Waals surface area contributed by atoms with Crippen LogP contribution in [0.1, 0.15) is 21.7 Å². The molecule has 0 unspecified atom stereocenters. The average molecular weight is 316 g/mol. The first kappa shape index (κ1) is 14.5. The van der Waals surface area contributed by atoms with E-state index in [0.29, 0.717) is 6.54 Å². The lowest BCUT2D eigenvalue weighted by molar-refractivity contribution is 0.0697. The van der Waals surface area contributed by atoms with Crippen LogP contribution in [0, 0.1) is 6.92 Å². The van der Waals surface area contributed by atoms with Gasteiger partial charge in [0.25, 0.3) is 0 Å². The van der Waals surface area contributed by atoms with E-state index in [-0.39, 0.29) is 5.56 Å². The minimum atomic E-state index is -0.923. The van der Waals surface area contributed by atoms with Crippen LogP contribution in [0.3, 0.4) is 0 Å². The molecule has 0 aliphatic carbocycles. The molecule has 0 aliphatic rings. The Morgan fingerprint density at radius 1 is 1.04 bits per heavy atom. The number of benzene rings is 3. The van der Waals surface area contributed by atoms with Gasteiger partial charge in [0.15, 0.2) is 0 Å². The Morgan fingerprint density at radius 2 is 1.83 bits per heavy atom. The average Bonchev–Trinajstić information content (AvgIpc) is 2.89. The normalized spacial score (nSPS) is 11.2. The van der Waals surface area contributed by atoms with E-state index >= 15 is 0 Å². The highest BCUT2D eigenvalue weighted by Crippen LogP contribution is 2.21. The fourth-order valence-electron chi connectivity index (χ4n) is 3.10. The second-order valence-electron chi connectivity index (χ2n) is 5.94. The van der Waals surface area contributed by atoms with Crippen molar-refractivity contribution in [1.82, 2.24) is 9.55 Å². The van der Waals surface area contributed by atoms with Crippen LogP contribution in [0.15, 0.2) is 60.7 Å². The van der Waals surface area contributed by atoms with Gasteiger partial charge in [0.05, 0.1) is 16.6 Å². The SMILES string of the molecule is Cc1nc2ccc(C(=O)O)cc2n1Cc1ccc2ccccc2c1. The number of hydrogen-bond acceptors (Lipinski definition) is 2. The summed E-state index contributed by atoms with van der Waals surface area (Å²) in [5.74, 6) is -0.0475. The molecular weight excluding hydrogens is 300 g/mol. The quantitative estimate of drug-likeness (QED) is 0.615. The Labute approximate surface area is 139 Å². The number of aromatic nitrogens is 2. The smallest absolute Gasteiger partial charge is 0.335 e. The second kappa shape index (κ2) is 5.49. The minimum absolute atomic E-state index is 0.280. The van der Waals surface area contributed by atoms with Gasteiger partial charge >= 0.3 is 5.97 Å². The summed E-state index contributed by atoms with van der Waals surface area (Å²) >= 11 is 0. The summed E-state index contributed by atoms with van der Waals surface area (Å²) in [5, 5.41) is 11.6. The van der Waals surface area contributed by atoms with Gasteiger partial charge in [0.2, 0.25) is 0 Å². The van der Waals surface area contributed by atoms with Crippen molar-refractivity contribution in [1.29, 1.82) is 0 Å². The van der Waals surface area contributed by atoms with Crippen LogP contribution in [-0.4, -0.2) is 20.6 Å². The molecule has 0 spiro atoms. The molecule has 1 aromatic heterocycles. The summed E-state index contributed by atoms with van der Waals surface area (Å²) in [7, 11) is 0. The lowest BCUT2D eigenvalue weighted by Gasteiger charge is -2.09. The molecular formula is C20H16N2O2. The van der Waals surface area contributed by atoms with Gasteiger partial charge in [0, 0.05) is 6.54 Å². The number of rotatable bonds is 3. The van der Waals surface area contributed by atoms with E-state index in [9.17, 15) is 9.90 Å². The molecule has 0 aliphatic heterocycles. The molecule has 4 aromatic rings. The number of imidazole rings is 1. The van der Waals surface area contributed by atoms with Crippen LogP contribution in [0.4, 0.5) is 0 Å². The predicted octanol–water partition coefficient (Wildman–Crippen LogP) is 4.24. The van der Waals surface area contributed by atoms with Gasteiger partial charge in [-0.2, -0.15) is 0 Å². The Morgan fingerprint density at radius 3 is 2.62 bits per heavy atom. The number of aryl methyl sites for hydroxylation is 1. The van der Waals surface area contributed by atoms with Crippen molar-refractivity contribution in [2.24, 2.45) is 0 Å². The zero-order chi connectivity index (χ0) is 16.7. The molecule has 1 heterocycles. The van der Waals surface area contributed by atoms with Crippen LogP contribution in [0.2, 0.25) is 0 Å². The molecule has 4 nitrogen and oxygen atoms in total. The molecule has 4 heteroatoms. The van der Waals surface area contributed by atoms with Crippen molar-refractivity contribution in [3.05, 3.63) is 77.6 Å². The number of carboxylic acid groups (broad SMARTS) is 1. The minimum Gasteiger partial charge on any atom is -0.478 e. The summed E-state index contributed by atoms with van der Waals surface area (Å²) in [5.41, 5.74) is 3.11. The molecule has 24 heavy (non-hydrogen) atoms. The van der Waals surface area contributed by atoms with E-state index in [1.807, 2.05) is 19.1 Å². The molecule has 0 saturated carbocycles. The highest BCUT2D eigenvalue weighted by molar-refractivity contribution is 5.92. The Hall–Kier alpha value is -3.14. The third-order valence-electron chi connectivity index (χ3n) is 4.34. The number of carbonyl (C=O) groups is 1. The molecule has 3 aromatic carbocycles. The maximum atomic E-state index is 11.2. The van der Waals surface area contributed by atoms with E-state index in [0.717, 1.165) is 22.4 Å². The van der Waals surface area contributed by atoms with Gasteiger partial charge in [-0.15, -0.1) is 0 Å². The van der Waals surface area contributed by atoms with Crippen molar-refractivity contribution >= 4 is 27.8 Å². The molecule has 0 atom stereocenters. The standard InChI is InChI=1S/C20H16N2O2/c1-13-21-18-9-8-17(20(23)24)11-19(18)22(13)12-14-6-7-15-4-2-3-5-16(15)10-14/h2-11H,12H2,1H3,(H,23,24). The van der Waals surface area contributed by atoms with Crippen molar-refractivity contribution in [3.63, 3.8) is 0 Å². The van der Waals surface area contributed by atoms with Gasteiger partial charge in [-0.3, -0.25) is 0 Å². The van der Waals surface area contributed by atoms with Crippen LogP contribution in [0.5, 0.6) is 0 Å². The van der Waals surface area contributed by atoms with Crippen LogP contribution in [0.25, 0.3) is 21.8 Å². The third-order valence-corrected chi connectivity index (χ3v) is 4.34. The Balaban J connectivity index is 1.81. The first-order valence-corrected chi connectivity index (χ1v) is 7.80. The van der Waals surface area contributed by atoms with Gasteiger partial charge in [-0.25, -0.2) is 9.78 Å². The van der Waals surface area contributed by atoms with E-state index in [2.05, 4.69) is 39.9 Å². The maximum Gasteiger partial charge on any atom is 0.335 e.